The lowest BCUT2D eigenvalue weighted by molar-refractivity contribution is -0.144. The zero-order valence-corrected chi connectivity index (χ0v) is 10.1. The van der Waals surface area contributed by atoms with E-state index in [1.165, 1.54) is 0 Å². The van der Waals surface area contributed by atoms with Crippen molar-refractivity contribution in [1.82, 2.24) is 9.97 Å². The molecule has 2 rings (SSSR count). The number of ether oxygens (including phenoxy) is 3. The van der Waals surface area contributed by atoms with Crippen molar-refractivity contribution in [3.05, 3.63) is 12.3 Å². The smallest absolute Gasteiger partial charge is 0.225 e. The van der Waals surface area contributed by atoms with Crippen LogP contribution < -0.4 is 10.1 Å². The van der Waals surface area contributed by atoms with E-state index in [4.69, 9.17) is 14.2 Å². The minimum atomic E-state index is -0.480. The van der Waals surface area contributed by atoms with E-state index in [-0.39, 0.29) is 0 Å². The molecule has 1 saturated heterocycles. The fraction of sp³-hybridized carbons (Fsp3) is 0.636. The highest BCUT2D eigenvalue weighted by Gasteiger charge is 2.30. The monoisotopic (exact) mass is 239 g/mol. The van der Waals surface area contributed by atoms with Crippen molar-refractivity contribution in [2.75, 3.05) is 32.2 Å². The van der Waals surface area contributed by atoms with Crippen molar-refractivity contribution >= 4 is 5.95 Å². The third-order valence-electron chi connectivity index (χ3n) is 2.60. The molecule has 94 valence electrons. The molecule has 0 bridgehead atoms. The Bertz CT molecular complexity index is 367. The molecule has 1 aliphatic heterocycles. The quantitative estimate of drug-likeness (QED) is 0.828. The summed E-state index contributed by atoms with van der Waals surface area (Å²) in [6.07, 6.45) is 2.39. The highest BCUT2D eigenvalue weighted by molar-refractivity contribution is 5.27. The average molecular weight is 239 g/mol. The molecular weight excluding hydrogens is 222 g/mol. The molecule has 0 saturated carbocycles. The van der Waals surface area contributed by atoms with E-state index < -0.39 is 5.79 Å². The van der Waals surface area contributed by atoms with Gasteiger partial charge in [0, 0.05) is 25.2 Å². The first-order chi connectivity index (χ1) is 8.22. The summed E-state index contributed by atoms with van der Waals surface area (Å²) in [6.45, 7) is 3.94. The Hall–Kier alpha value is -1.40. The van der Waals surface area contributed by atoms with Gasteiger partial charge in [0.2, 0.25) is 11.8 Å². The second-order valence-corrected chi connectivity index (χ2v) is 3.93. The van der Waals surface area contributed by atoms with Crippen molar-refractivity contribution in [2.24, 2.45) is 0 Å². The van der Waals surface area contributed by atoms with Crippen LogP contribution in [0, 0.1) is 0 Å². The zero-order chi connectivity index (χ0) is 12.1. The number of rotatable bonds is 5. The van der Waals surface area contributed by atoms with Crippen LogP contribution in [-0.4, -0.2) is 42.6 Å². The van der Waals surface area contributed by atoms with Crippen LogP contribution in [0.25, 0.3) is 0 Å². The number of aromatic nitrogens is 2. The molecule has 0 unspecified atom stereocenters. The maximum atomic E-state index is 5.50. The van der Waals surface area contributed by atoms with Crippen LogP contribution in [-0.2, 0) is 9.47 Å². The number of hydrogen-bond acceptors (Lipinski definition) is 6. The molecule has 0 amide bonds. The topological polar surface area (TPSA) is 65.5 Å². The molecule has 0 spiro atoms. The fourth-order valence-corrected chi connectivity index (χ4v) is 1.64. The standard InChI is InChI=1S/C11H17N3O3/c1-11(16-7-8-17-11)4-6-13-10-12-5-3-9(14-10)15-2/h3,5H,4,6-8H2,1-2H3,(H,12,13,14). The van der Waals surface area contributed by atoms with E-state index in [9.17, 15) is 0 Å². The summed E-state index contributed by atoms with van der Waals surface area (Å²) in [4.78, 5) is 8.24. The van der Waals surface area contributed by atoms with Gasteiger partial charge in [-0.05, 0) is 6.92 Å². The van der Waals surface area contributed by atoms with Crippen LogP contribution in [0.15, 0.2) is 12.3 Å². The first-order valence-electron chi connectivity index (χ1n) is 5.61. The van der Waals surface area contributed by atoms with Crippen molar-refractivity contribution < 1.29 is 14.2 Å². The van der Waals surface area contributed by atoms with Gasteiger partial charge in [-0.15, -0.1) is 0 Å². The van der Waals surface area contributed by atoms with Gasteiger partial charge in [-0.25, -0.2) is 4.98 Å². The Morgan fingerprint density at radius 1 is 1.47 bits per heavy atom. The maximum Gasteiger partial charge on any atom is 0.225 e. The average Bonchev–Trinajstić information content (AvgIpc) is 2.77. The van der Waals surface area contributed by atoms with Crippen molar-refractivity contribution in [1.29, 1.82) is 0 Å². The minimum absolute atomic E-state index is 0.480. The van der Waals surface area contributed by atoms with E-state index in [1.807, 2.05) is 6.92 Å². The normalized spacial score (nSPS) is 18.0. The summed E-state index contributed by atoms with van der Waals surface area (Å²) in [6, 6.07) is 1.70. The van der Waals surface area contributed by atoms with E-state index in [0.29, 0.717) is 31.6 Å². The summed E-state index contributed by atoms with van der Waals surface area (Å²) < 4.78 is 16.0. The lowest BCUT2D eigenvalue weighted by atomic mass is 10.2. The van der Waals surface area contributed by atoms with Crippen molar-refractivity contribution in [3.63, 3.8) is 0 Å². The molecule has 1 fully saturated rings. The number of nitrogens with zero attached hydrogens (tertiary/aromatic N) is 2. The first-order valence-corrected chi connectivity index (χ1v) is 5.61. The summed E-state index contributed by atoms with van der Waals surface area (Å²) in [5.74, 6) is 0.610. The third kappa shape index (κ3) is 3.28. The predicted octanol–water partition coefficient (Wildman–Crippen LogP) is 1.05. The number of hydrogen-bond donors (Lipinski definition) is 1. The van der Waals surface area contributed by atoms with Gasteiger partial charge < -0.3 is 19.5 Å². The lowest BCUT2D eigenvalue weighted by Gasteiger charge is -2.22. The van der Waals surface area contributed by atoms with Gasteiger partial charge in [-0.2, -0.15) is 4.98 Å². The van der Waals surface area contributed by atoms with E-state index in [1.54, 1.807) is 19.4 Å². The molecule has 1 N–H and O–H groups in total. The highest BCUT2D eigenvalue weighted by atomic mass is 16.7. The van der Waals surface area contributed by atoms with Crippen molar-refractivity contribution in [3.8, 4) is 5.88 Å². The third-order valence-corrected chi connectivity index (χ3v) is 2.60. The van der Waals surface area contributed by atoms with Crippen LogP contribution in [0.1, 0.15) is 13.3 Å². The van der Waals surface area contributed by atoms with Crippen LogP contribution >= 0.6 is 0 Å². The van der Waals surface area contributed by atoms with Gasteiger partial charge in [0.15, 0.2) is 5.79 Å². The summed E-state index contributed by atoms with van der Waals surface area (Å²) in [5, 5.41) is 3.11. The van der Waals surface area contributed by atoms with Crippen LogP contribution in [0.3, 0.4) is 0 Å². The van der Waals surface area contributed by atoms with Gasteiger partial charge in [0.1, 0.15) is 0 Å². The minimum Gasteiger partial charge on any atom is -0.481 e. The Labute approximate surface area is 100 Å². The molecule has 0 aliphatic carbocycles. The van der Waals surface area contributed by atoms with Gasteiger partial charge >= 0.3 is 0 Å². The van der Waals surface area contributed by atoms with Gasteiger partial charge in [0.05, 0.1) is 20.3 Å². The van der Waals surface area contributed by atoms with E-state index in [2.05, 4.69) is 15.3 Å². The van der Waals surface area contributed by atoms with Crippen LogP contribution in [0.5, 0.6) is 5.88 Å². The van der Waals surface area contributed by atoms with Crippen molar-refractivity contribution in [2.45, 2.75) is 19.1 Å². The molecule has 1 aliphatic rings. The van der Waals surface area contributed by atoms with Crippen LogP contribution in [0.4, 0.5) is 5.95 Å². The second-order valence-electron chi connectivity index (χ2n) is 3.93. The Kier molecular flexibility index (Phi) is 3.75. The van der Waals surface area contributed by atoms with Gasteiger partial charge in [0.25, 0.3) is 0 Å². The highest BCUT2D eigenvalue weighted by Crippen LogP contribution is 2.22. The molecule has 6 nitrogen and oxygen atoms in total. The Morgan fingerprint density at radius 2 is 2.24 bits per heavy atom. The number of methoxy groups -OCH3 is 1. The molecular formula is C11H17N3O3. The van der Waals surface area contributed by atoms with Crippen LogP contribution in [0.2, 0.25) is 0 Å². The molecule has 1 aromatic rings. The van der Waals surface area contributed by atoms with E-state index >= 15 is 0 Å². The van der Waals surface area contributed by atoms with Gasteiger partial charge in [-0.1, -0.05) is 0 Å². The fourth-order valence-electron chi connectivity index (χ4n) is 1.64. The largest absolute Gasteiger partial charge is 0.481 e. The molecule has 0 atom stereocenters. The molecule has 0 aromatic carbocycles. The van der Waals surface area contributed by atoms with E-state index in [0.717, 1.165) is 6.42 Å². The van der Waals surface area contributed by atoms with Gasteiger partial charge in [-0.3, -0.25) is 0 Å². The molecule has 1 aromatic heterocycles. The molecule has 17 heavy (non-hydrogen) atoms. The lowest BCUT2D eigenvalue weighted by Crippen LogP contribution is -2.28. The summed E-state index contributed by atoms with van der Waals surface area (Å²) in [7, 11) is 1.58. The Morgan fingerprint density at radius 3 is 2.94 bits per heavy atom. The molecule has 6 heteroatoms. The predicted molar refractivity (Wildman–Crippen MR) is 62.0 cm³/mol. The second kappa shape index (κ2) is 5.29. The molecule has 0 radical (unpaired) electrons. The maximum absolute atomic E-state index is 5.50. The summed E-state index contributed by atoms with van der Waals surface area (Å²) in [5.41, 5.74) is 0. The summed E-state index contributed by atoms with van der Waals surface area (Å²) >= 11 is 0. The number of nitrogens with one attached hydrogen (secondary N) is 1. The molecule has 2 heterocycles. The first kappa shape index (κ1) is 12.1. The SMILES string of the molecule is COc1ccnc(NCCC2(C)OCCO2)n1. The Balaban J connectivity index is 1.81. The zero-order valence-electron chi connectivity index (χ0n) is 10.1. The number of anilines is 1.